The van der Waals surface area contributed by atoms with Gasteiger partial charge in [-0.1, -0.05) is 27.7 Å². The van der Waals surface area contributed by atoms with E-state index in [4.69, 9.17) is 0 Å². The van der Waals surface area contributed by atoms with Gasteiger partial charge in [0, 0.05) is 0 Å². The van der Waals surface area contributed by atoms with Gasteiger partial charge < -0.3 is 5.32 Å². The predicted octanol–water partition coefficient (Wildman–Crippen LogP) is 2.67. The van der Waals surface area contributed by atoms with Crippen molar-refractivity contribution >= 4 is 0 Å². The van der Waals surface area contributed by atoms with Gasteiger partial charge in [0.25, 0.3) is 0 Å². The van der Waals surface area contributed by atoms with Crippen molar-refractivity contribution in [2.75, 3.05) is 13.1 Å². The summed E-state index contributed by atoms with van der Waals surface area (Å²) >= 11 is 0. The van der Waals surface area contributed by atoms with E-state index in [0.717, 1.165) is 11.8 Å². The zero-order valence-corrected chi connectivity index (χ0v) is 8.98. The maximum absolute atomic E-state index is 3.43. The molecule has 0 aliphatic carbocycles. The van der Waals surface area contributed by atoms with Crippen molar-refractivity contribution in [2.24, 2.45) is 17.3 Å². The van der Waals surface area contributed by atoms with Gasteiger partial charge in [0.2, 0.25) is 0 Å². The lowest BCUT2D eigenvalue weighted by atomic mass is 9.67. The molecule has 0 spiro atoms. The van der Waals surface area contributed by atoms with Gasteiger partial charge in [-0.15, -0.1) is 0 Å². The Hall–Kier alpha value is -0.0400. The normalized spacial score (nSPS) is 21.8. The molecule has 0 atom stereocenters. The number of piperidine rings is 1. The topological polar surface area (TPSA) is 12.0 Å². The van der Waals surface area contributed by atoms with E-state index in [-0.39, 0.29) is 0 Å². The SMILES string of the molecule is CC(C)C(C)(C)C1CCNCC1. The van der Waals surface area contributed by atoms with Crippen LogP contribution in [0.3, 0.4) is 0 Å². The van der Waals surface area contributed by atoms with Gasteiger partial charge in [-0.05, 0) is 43.2 Å². The van der Waals surface area contributed by atoms with Gasteiger partial charge in [-0.3, -0.25) is 0 Å². The van der Waals surface area contributed by atoms with E-state index >= 15 is 0 Å². The van der Waals surface area contributed by atoms with E-state index in [1.165, 1.54) is 25.9 Å². The van der Waals surface area contributed by atoms with Gasteiger partial charge in [0.15, 0.2) is 0 Å². The van der Waals surface area contributed by atoms with Crippen LogP contribution in [-0.4, -0.2) is 13.1 Å². The summed E-state index contributed by atoms with van der Waals surface area (Å²) in [6.45, 7) is 12.0. The molecule has 1 heterocycles. The first kappa shape index (κ1) is 10.0. The molecule has 1 nitrogen and oxygen atoms in total. The second-order valence-electron chi connectivity index (χ2n) is 5.00. The van der Waals surface area contributed by atoms with Crippen LogP contribution in [0.25, 0.3) is 0 Å². The van der Waals surface area contributed by atoms with Crippen LogP contribution in [0.15, 0.2) is 0 Å². The van der Waals surface area contributed by atoms with Crippen molar-refractivity contribution in [3.63, 3.8) is 0 Å². The molecule has 1 aliphatic rings. The van der Waals surface area contributed by atoms with E-state index in [1.54, 1.807) is 0 Å². The Morgan fingerprint density at radius 2 is 1.67 bits per heavy atom. The van der Waals surface area contributed by atoms with Crippen LogP contribution in [0.5, 0.6) is 0 Å². The standard InChI is InChI=1S/C11H23N/c1-9(2)11(3,4)10-5-7-12-8-6-10/h9-10,12H,5-8H2,1-4H3. The van der Waals surface area contributed by atoms with Gasteiger partial charge >= 0.3 is 0 Å². The molecule has 12 heavy (non-hydrogen) atoms. The molecule has 0 saturated carbocycles. The van der Waals surface area contributed by atoms with Gasteiger partial charge in [-0.25, -0.2) is 0 Å². The minimum Gasteiger partial charge on any atom is -0.317 e. The maximum Gasteiger partial charge on any atom is -0.00461 e. The van der Waals surface area contributed by atoms with Gasteiger partial charge in [0.1, 0.15) is 0 Å². The van der Waals surface area contributed by atoms with E-state index in [9.17, 15) is 0 Å². The third kappa shape index (κ3) is 2.01. The van der Waals surface area contributed by atoms with Crippen molar-refractivity contribution in [3.8, 4) is 0 Å². The Labute approximate surface area is 76.9 Å². The molecule has 1 saturated heterocycles. The average Bonchev–Trinajstić information content (AvgIpc) is 2.06. The lowest BCUT2D eigenvalue weighted by Gasteiger charge is -2.40. The quantitative estimate of drug-likeness (QED) is 0.670. The Kier molecular flexibility index (Phi) is 3.16. The molecular weight excluding hydrogens is 146 g/mol. The van der Waals surface area contributed by atoms with Crippen LogP contribution in [0, 0.1) is 17.3 Å². The van der Waals surface area contributed by atoms with Gasteiger partial charge in [0.05, 0.1) is 0 Å². The molecule has 0 bridgehead atoms. The highest BCUT2D eigenvalue weighted by Gasteiger charge is 2.32. The largest absolute Gasteiger partial charge is 0.317 e. The third-order valence-electron chi connectivity index (χ3n) is 3.88. The molecule has 72 valence electrons. The van der Waals surface area contributed by atoms with E-state index in [0.29, 0.717) is 5.41 Å². The highest BCUT2D eigenvalue weighted by Crippen LogP contribution is 2.39. The van der Waals surface area contributed by atoms with Crippen molar-refractivity contribution in [1.29, 1.82) is 0 Å². The molecule has 1 N–H and O–H groups in total. The van der Waals surface area contributed by atoms with Crippen molar-refractivity contribution in [2.45, 2.75) is 40.5 Å². The first-order valence-electron chi connectivity index (χ1n) is 5.26. The van der Waals surface area contributed by atoms with Crippen LogP contribution in [0.2, 0.25) is 0 Å². The lowest BCUT2D eigenvalue weighted by Crippen LogP contribution is -2.38. The summed E-state index contributed by atoms with van der Waals surface area (Å²) in [4.78, 5) is 0. The van der Waals surface area contributed by atoms with E-state index in [2.05, 4.69) is 33.0 Å². The third-order valence-corrected chi connectivity index (χ3v) is 3.88. The molecule has 1 fully saturated rings. The Morgan fingerprint density at radius 1 is 1.17 bits per heavy atom. The maximum atomic E-state index is 3.43. The molecule has 0 aromatic rings. The summed E-state index contributed by atoms with van der Waals surface area (Å²) in [5.74, 6) is 1.74. The molecule has 1 rings (SSSR count). The zero-order chi connectivity index (χ0) is 9.19. The fourth-order valence-corrected chi connectivity index (χ4v) is 2.04. The molecular formula is C11H23N. The monoisotopic (exact) mass is 169 g/mol. The smallest absolute Gasteiger partial charge is 0.00461 e. The highest BCUT2D eigenvalue weighted by molar-refractivity contribution is 4.84. The molecule has 0 aromatic heterocycles. The molecule has 1 aliphatic heterocycles. The molecule has 0 unspecified atom stereocenters. The first-order chi connectivity index (χ1) is 5.55. The van der Waals surface area contributed by atoms with Crippen molar-refractivity contribution in [1.82, 2.24) is 5.32 Å². The average molecular weight is 169 g/mol. The van der Waals surface area contributed by atoms with Crippen LogP contribution in [-0.2, 0) is 0 Å². The minimum atomic E-state index is 0.530. The summed E-state index contributed by atoms with van der Waals surface area (Å²) in [6.07, 6.45) is 2.73. The van der Waals surface area contributed by atoms with E-state index < -0.39 is 0 Å². The van der Waals surface area contributed by atoms with Gasteiger partial charge in [-0.2, -0.15) is 0 Å². The summed E-state index contributed by atoms with van der Waals surface area (Å²) in [7, 11) is 0. The Bertz CT molecular complexity index is 132. The van der Waals surface area contributed by atoms with Crippen molar-refractivity contribution < 1.29 is 0 Å². The minimum absolute atomic E-state index is 0.530. The van der Waals surface area contributed by atoms with Crippen LogP contribution >= 0.6 is 0 Å². The van der Waals surface area contributed by atoms with Crippen LogP contribution in [0.1, 0.15) is 40.5 Å². The molecule has 0 radical (unpaired) electrons. The first-order valence-corrected chi connectivity index (χ1v) is 5.26. The summed E-state index contributed by atoms with van der Waals surface area (Å²) in [6, 6.07) is 0. The van der Waals surface area contributed by atoms with Crippen LogP contribution < -0.4 is 5.32 Å². The Morgan fingerprint density at radius 3 is 2.08 bits per heavy atom. The molecule has 1 heteroatoms. The summed E-state index contributed by atoms with van der Waals surface area (Å²) in [5, 5.41) is 3.43. The highest BCUT2D eigenvalue weighted by atomic mass is 14.9. The number of nitrogens with one attached hydrogen (secondary N) is 1. The van der Waals surface area contributed by atoms with Crippen molar-refractivity contribution in [3.05, 3.63) is 0 Å². The fraction of sp³-hybridized carbons (Fsp3) is 1.00. The van der Waals surface area contributed by atoms with Crippen LogP contribution in [0.4, 0.5) is 0 Å². The number of hydrogen-bond acceptors (Lipinski definition) is 1. The van der Waals surface area contributed by atoms with E-state index in [1.807, 2.05) is 0 Å². The second kappa shape index (κ2) is 3.78. The predicted molar refractivity (Wildman–Crippen MR) is 54.2 cm³/mol. The summed E-state index contributed by atoms with van der Waals surface area (Å²) < 4.78 is 0. The number of hydrogen-bond donors (Lipinski definition) is 1. The fourth-order valence-electron chi connectivity index (χ4n) is 2.04. The molecule has 0 amide bonds. The summed E-state index contributed by atoms with van der Waals surface area (Å²) in [5.41, 5.74) is 0.530. The zero-order valence-electron chi connectivity index (χ0n) is 8.98. The Balaban J connectivity index is 2.53. The second-order valence-corrected chi connectivity index (χ2v) is 5.00. The number of rotatable bonds is 2. The molecule has 0 aromatic carbocycles. The lowest BCUT2D eigenvalue weighted by molar-refractivity contribution is 0.108.